The van der Waals surface area contributed by atoms with Crippen molar-refractivity contribution in [2.24, 2.45) is 0 Å². The van der Waals surface area contributed by atoms with Crippen molar-refractivity contribution < 1.29 is 13.9 Å². The van der Waals surface area contributed by atoms with Crippen LogP contribution in [0.1, 0.15) is 15.9 Å². The first-order chi connectivity index (χ1) is 12.7. The molecule has 0 radical (unpaired) electrons. The molecule has 0 fully saturated rings. The van der Waals surface area contributed by atoms with Crippen LogP contribution in [0.2, 0.25) is 0 Å². The van der Waals surface area contributed by atoms with Gasteiger partial charge in [0.05, 0.1) is 18.4 Å². The molecule has 4 aromatic rings. The molecule has 3 aromatic carbocycles. The number of carbonyl (C=O) groups excluding carboxylic acids is 1. The van der Waals surface area contributed by atoms with Crippen LogP contribution < -0.4 is 4.74 Å². The van der Waals surface area contributed by atoms with Gasteiger partial charge in [0, 0.05) is 22.0 Å². The van der Waals surface area contributed by atoms with Gasteiger partial charge in [-0.1, -0.05) is 30.3 Å². The molecular formula is C22H16FNO2. The van der Waals surface area contributed by atoms with Crippen molar-refractivity contribution in [3.05, 3.63) is 89.7 Å². The first kappa shape index (κ1) is 16.1. The van der Waals surface area contributed by atoms with Gasteiger partial charge in [-0.3, -0.25) is 4.79 Å². The van der Waals surface area contributed by atoms with Crippen molar-refractivity contribution in [1.82, 2.24) is 4.98 Å². The van der Waals surface area contributed by atoms with E-state index in [-0.39, 0.29) is 11.6 Å². The Morgan fingerprint density at radius 2 is 1.73 bits per heavy atom. The molecule has 0 unspecified atom stereocenters. The third-order valence-corrected chi connectivity index (χ3v) is 4.40. The fourth-order valence-electron chi connectivity index (χ4n) is 3.12. The standard InChI is InChI=1S/C22H16FNO2/c1-26-17-6-4-5-15(13-17)21-20(18-7-2-3-8-19(18)24-21)22(25)14-9-11-16(23)12-10-14/h2-13,24H,1H3. The van der Waals surface area contributed by atoms with E-state index in [4.69, 9.17) is 4.74 Å². The van der Waals surface area contributed by atoms with E-state index >= 15 is 0 Å². The quantitative estimate of drug-likeness (QED) is 0.516. The minimum absolute atomic E-state index is 0.153. The summed E-state index contributed by atoms with van der Waals surface area (Å²) in [6.07, 6.45) is 0. The highest BCUT2D eigenvalue weighted by Gasteiger charge is 2.21. The van der Waals surface area contributed by atoms with Crippen molar-refractivity contribution in [2.75, 3.05) is 7.11 Å². The lowest BCUT2D eigenvalue weighted by atomic mass is 9.97. The van der Waals surface area contributed by atoms with E-state index in [2.05, 4.69) is 4.98 Å². The summed E-state index contributed by atoms with van der Waals surface area (Å²) >= 11 is 0. The summed E-state index contributed by atoms with van der Waals surface area (Å²) in [6.45, 7) is 0. The highest BCUT2D eigenvalue weighted by Crippen LogP contribution is 2.33. The van der Waals surface area contributed by atoms with Gasteiger partial charge >= 0.3 is 0 Å². The molecule has 4 heteroatoms. The topological polar surface area (TPSA) is 42.1 Å². The number of methoxy groups -OCH3 is 1. The first-order valence-corrected chi connectivity index (χ1v) is 8.23. The summed E-state index contributed by atoms with van der Waals surface area (Å²) in [4.78, 5) is 16.6. The predicted molar refractivity (Wildman–Crippen MR) is 100 cm³/mol. The number of aromatic nitrogens is 1. The Labute approximate surface area is 150 Å². The van der Waals surface area contributed by atoms with Gasteiger partial charge in [-0.05, 0) is 42.5 Å². The molecular weight excluding hydrogens is 329 g/mol. The fraction of sp³-hybridized carbons (Fsp3) is 0.0455. The van der Waals surface area contributed by atoms with Crippen LogP contribution in [0, 0.1) is 5.82 Å². The predicted octanol–water partition coefficient (Wildman–Crippen LogP) is 5.21. The molecule has 4 rings (SSSR count). The van der Waals surface area contributed by atoms with Crippen LogP contribution in [0.3, 0.4) is 0 Å². The van der Waals surface area contributed by atoms with Crippen LogP contribution in [-0.4, -0.2) is 17.9 Å². The number of para-hydroxylation sites is 1. The molecule has 0 aliphatic heterocycles. The second kappa shape index (κ2) is 6.48. The normalized spacial score (nSPS) is 10.8. The molecule has 128 valence electrons. The van der Waals surface area contributed by atoms with Crippen LogP contribution in [0.15, 0.2) is 72.8 Å². The van der Waals surface area contributed by atoms with E-state index in [1.165, 1.54) is 24.3 Å². The Balaban J connectivity index is 1.94. The van der Waals surface area contributed by atoms with E-state index in [0.717, 1.165) is 22.2 Å². The monoisotopic (exact) mass is 345 g/mol. The second-order valence-corrected chi connectivity index (χ2v) is 5.99. The first-order valence-electron chi connectivity index (χ1n) is 8.23. The molecule has 1 aromatic heterocycles. The molecule has 0 spiro atoms. The van der Waals surface area contributed by atoms with Crippen LogP contribution in [-0.2, 0) is 0 Å². The molecule has 0 amide bonds. The zero-order chi connectivity index (χ0) is 18.1. The number of ether oxygens (including phenoxy) is 1. The zero-order valence-electron chi connectivity index (χ0n) is 14.1. The molecule has 0 aliphatic carbocycles. The minimum atomic E-state index is -0.367. The van der Waals surface area contributed by atoms with Gasteiger partial charge in [0.1, 0.15) is 11.6 Å². The maximum atomic E-state index is 13.2. The number of halogens is 1. The zero-order valence-corrected chi connectivity index (χ0v) is 14.1. The van der Waals surface area contributed by atoms with Crippen molar-refractivity contribution in [1.29, 1.82) is 0 Å². The molecule has 0 aliphatic rings. The van der Waals surface area contributed by atoms with E-state index in [0.29, 0.717) is 16.9 Å². The number of H-pyrrole nitrogens is 1. The van der Waals surface area contributed by atoms with Crippen molar-refractivity contribution in [2.45, 2.75) is 0 Å². The number of fused-ring (bicyclic) bond motifs is 1. The number of benzene rings is 3. The molecule has 0 atom stereocenters. The van der Waals surface area contributed by atoms with Gasteiger partial charge in [-0.2, -0.15) is 0 Å². The Bertz CT molecular complexity index is 1100. The molecule has 1 N–H and O–H groups in total. The van der Waals surface area contributed by atoms with E-state index < -0.39 is 0 Å². The summed E-state index contributed by atoms with van der Waals surface area (Å²) in [6, 6.07) is 20.8. The Morgan fingerprint density at radius 1 is 0.962 bits per heavy atom. The number of nitrogens with one attached hydrogen (secondary N) is 1. The molecule has 0 bridgehead atoms. The number of hydrogen-bond donors (Lipinski definition) is 1. The summed E-state index contributed by atoms with van der Waals surface area (Å²) in [5.41, 5.74) is 3.46. The van der Waals surface area contributed by atoms with Gasteiger partial charge in [-0.25, -0.2) is 4.39 Å². The third kappa shape index (κ3) is 2.75. The number of rotatable bonds is 4. The molecule has 0 saturated heterocycles. The van der Waals surface area contributed by atoms with Crippen molar-refractivity contribution >= 4 is 16.7 Å². The largest absolute Gasteiger partial charge is 0.497 e. The van der Waals surface area contributed by atoms with Crippen LogP contribution in [0.25, 0.3) is 22.2 Å². The summed E-state index contributed by atoms with van der Waals surface area (Å²) in [5, 5.41) is 0.833. The third-order valence-electron chi connectivity index (χ3n) is 4.40. The maximum Gasteiger partial charge on any atom is 0.195 e. The molecule has 0 saturated carbocycles. The van der Waals surface area contributed by atoms with Crippen molar-refractivity contribution in [3.63, 3.8) is 0 Å². The molecule has 26 heavy (non-hydrogen) atoms. The Kier molecular flexibility index (Phi) is 4.01. The van der Waals surface area contributed by atoms with Gasteiger partial charge in [0.25, 0.3) is 0 Å². The maximum absolute atomic E-state index is 13.2. The average molecular weight is 345 g/mol. The number of hydrogen-bond acceptors (Lipinski definition) is 2. The average Bonchev–Trinajstić information content (AvgIpc) is 3.07. The molecule has 3 nitrogen and oxygen atoms in total. The van der Waals surface area contributed by atoms with E-state index in [1.807, 2.05) is 48.5 Å². The Hall–Kier alpha value is -3.40. The smallest absolute Gasteiger partial charge is 0.195 e. The van der Waals surface area contributed by atoms with Crippen LogP contribution in [0.5, 0.6) is 5.75 Å². The fourth-order valence-corrected chi connectivity index (χ4v) is 3.12. The summed E-state index contributed by atoms with van der Waals surface area (Å²) in [5.74, 6) is 0.190. The SMILES string of the molecule is COc1cccc(-c2[nH]c3ccccc3c2C(=O)c2ccc(F)cc2)c1. The second-order valence-electron chi connectivity index (χ2n) is 5.99. The van der Waals surface area contributed by atoms with Crippen LogP contribution >= 0.6 is 0 Å². The van der Waals surface area contributed by atoms with Gasteiger partial charge in [-0.15, -0.1) is 0 Å². The number of aromatic amines is 1. The highest BCUT2D eigenvalue weighted by atomic mass is 19.1. The van der Waals surface area contributed by atoms with Crippen LogP contribution in [0.4, 0.5) is 4.39 Å². The Morgan fingerprint density at radius 3 is 2.50 bits per heavy atom. The van der Waals surface area contributed by atoms with Gasteiger partial charge < -0.3 is 9.72 Å². The lowest BCUT2D eigenvalue weighted by Crippen LogP contribution is -2.02. The lowest BCUT2D eigenvalue weighted by molar-refractivity contribution is 0.104. The summed E-state index contributed by atoms with van der Waals surface area (Å²) in [7, 11) is 1.61. The van der Waals surface area contributed by atoms with E-state index in [9.17, 15) is 9.18 Å². The number of carbonyl (C=O) groups is 1. The molecule has 1 heterocycles. The van der Waals surface area contributed by atoms with E-state index in [1.54, 1.807) is 7.11 Å². The lowest BCUT2D eigenvalue weighted by Gasteiger charge is -2.07. The van der Waals surface area contributed by atoms with Gasteiger partial charge in [0.2, 0.25) is 0 Å². The number of ketones is 1. The van der Waals surface area contributed by atoms with Gasteiger partial charge in [0.15, 0.2) is 5.78 Å². The highest BCUT2D eigenvalue weighted by molar-refractivity contribution is 6.20. The minimum Gasteiger partial charge on any atom is -0.497 e. The summed E-state index contributed by atoms with van der Waals surface area (Å²) < 4.78 is 18.5. The van der Waals surface area contributed by atoms with Crippen molar-refractivity contribution in [3.8, 4) is 17.0 Å².